The van der Waals surface area contributed by atoms with Crippen molar-refractivity contribution in [3.05, 3.63) is 58.7 Å². The lowest BCUT2D eigenvalue weighted by atomic mass is 10.1. The van der Waals surface area contributed by atoms with Gasteiger partial charge in [-0.05, 0) is 36.2 Å². The lowest BCUT2D eigenvalue weighted by Gasteiger charge is -2.19. The molecule has 1 aliphatic rings. The van der Waals surface area contributed by atoms with Gasteiger partial charge in [-0.1, -0.05) is 23.7 Å². The van der Waals surface area contributed by atoms with E-state index in [1.807, 2.05) is 18.2 Å². The van der Waals surface area contributed by atoms with Crippen molar-refractivity contribution < 1.29 is 9.90 Å². The summed E-state index contributed by atoms with van der Waals surface area (Å²) in [5, 5.41) is 13.2. The fourth-order valence-corrected chi connectivity index (χ4v) is 3.05. The van der Waals surface area contributed by atoms with E-state index in [-0.39, 0.29) is 0 Å². The van der Waals surface area contributed by atoms with Crippen LogP contribution < -0.4 is 10.2 Å². The van der Waals surface area contributed by atoms with Crippen LogP contribution in [0.2, 0.25) is 5.02 Å². The highest BCUT2D eigenvalue weighted by Crippen LogP contribution is 2.25. The summed E-state index contributed by atoms with van der Waals surface area (Å²) >= 11 is 6.19. The predicted octanol–water partition coefficient (Wildman–Crippen LogP) is 2.80. The smallest absolute Gasteiger partial charge is 0.335 e. The number of aromatic carboxylic acids is 1. The number of nitrogens with zero attached hydrogens (tertiary/aromatic N) is 2. The maximum Gasteiger partial charge on any atom is 0.335 e. The first-order chi connectivity index (χ1) is 11.1. The summed E-state index contributed by atoms with van der Waals surface area (Å²) < 4.78 is 0. The fourth-order valence-electron chi connectivity index (χ4n) is 2.81. The molecule has 2 N–H and O–H groups in total. The Morgan fingerprint density at radius 2 is 2.26 bits per heavy atom. The fraction of sp³-hybridized carbons (Fsp3) is 0.294. The predicted molar refractivity (Wildman–Crippen MR) is 90.1 cm³/mol. The van der Waals surface area contributed by atoms with E-state index in [0.29, 0.717) is 23.2 Å². The molecule has 1 aromatic carbocycles. The second-order valence-corrected chi connectivity index (χ2v) is 6.03. The highest BCUT2D eigenvalue weighted by Gasteiger charge is 2.24. The van der Waals surface area contributed by atoms with Crippen LogP contribution in [0, 0.1) is 0 Å². The van der Waals surface area contributed by atoms with Gasteiger partial charge in [0.05, 0.1) is 10.6 Å². The summed E-state index contributed by atoms with van der Waals surface area (Å²) in [6.07, 6.45) is 2.75. The number of carboxylic acids is 1. The molecule has 1 saturated heterocycles. The molecule has 1 fully saturated rings. The summed E-state index contributed by atoms with van der Waals surface area (Å²) in [7, 11) is 0. The molecule has 1 aromatic heterocycles. The summed E-state index contributed by atoms with van der Waals surface area (Å²) in [6, 6.07) is 11.0. The second-order valence-electron chi connectivity index (χ2n) is 5.63. The zero-order valence-electron chi connectivity index (χ0n) is 12.6. The van der Waals surface area contributed by atoms with Crippen LogP contribution in [0.5, 0.6) is 0 Å². The van der Waals surface area contributed by atoms with Gasteiger partial charge in [0, 0.05) is 31.9 Å². The number of halogens is 1. The molecule has 0 spiro atoms. The van der Waals surface area contributed by atoms with Gasteiger partial charge in [-0.15, -0.1) is 0 Å². The minimum Gasteiger partial charge on any atom is -0.478 e. The van der Waals surface area contributed by atoms with E-state index < -0.39 is 5.97 Å². The first kappa shape index (κ1) is 15.8. The minimum atomic E-state index is -0.899. The third-order valence-electron chi connectivity index (χ3n) is 4.00. The zero-order chi connectivity index (χ0) is 16.2. The Kier molecular flexibility index (Phi) is 4.79. The Hall–Kier alpha value is -2.11. The number of rotatable bonds is 5. The SMILES string of the molecule is O=C(O)c1cccc(CNC2CCN(c3ncccc3Cl)C2)c1. The molecule has 23 heavy (non-hydrogen) atoms. The Balaban J connectivity index is 1.57. The molecule has 0 saturated carbocycles. The van der Waals surface area contributed by atoms with Gasteiger partial charge in [0.2, 0.25) is 0 Å². The average molecular weight is 332 g/mol. The van der Waals surface area contributed by atoms with Gasteiger partial charge >= 0.3 is 5.97 Å². The van der Waals surface area contributed by atoms with Crippen LogP contribution in [0.1, 0.15) is 22.3 Å². The van der Waals surface area contributed by atoms with Crippen molar-refractivity contribution >= 4 is 23.4 Å². The highest BCUT2D eigenvalue weighted by molar-refractivity contribution is 6.32. The minimum absolute atomic E-state index is 0.317. The molecular weight excluding hydrogens is 314 g/mol. The van der Waals surface area contributed by atoms with E-state index in [1.165, 1.54) is 0 Å². The number of carbonyl (C=O) groups is 1. The third-order valence-corrected chi connectivity index (χ3v) is 4.29. The van der Waals surface area contributed by atoms with Crippen molar-refractivity contribution in [2.45, 2.75) is 19.0 Å². The zero-order valence-corrected chi connectivity index (χ0v) is 13.3. The normalized spacial score (nSPS) is 17.4. The molecule has 1 unspecified atom stereocenters. The number of carboxylic acid groups (broad SMARTS) is 1. The number of nitrogens with one attached hydrogen (secondary N) is 1. The van der Waals surface area contributed by atoms with Gasteiger partial charge in [-0.2, -0.15) is 0 Å². The monoisotopic (exact) mass is 331 g/mol. The molecule has 5 nitrogen and oxygen atoms in total. The standard InChI is InChI=1S/C17H18ClN3O2/c18-15-5-2-7-19-16(15)21-8-6-14(11-21)20-10-12-3-1-4-13(9-12)17(22)23/h1-5,7,9,14,20H,6,8,10-11H2,(H,22,23). The molecule has 1 atom stereocenters. The largest absolute Gasteiger partial charge is 0.478 e. The van der Waals surface area contributed by atoms with Crippen LogP contribution in [-0.2, 0) is 6.54 Å². The topological polar surface area (TPSA) is 65.5 Å². The van der Waals surface area contributed by atoms with Crippen LogP contribution in [0.15, 0.2) is 42.6 Å². The van der Waals surface area contributed by atoms with E-state index in [1.54, 1.807) is 24.4 Å². The van der Waals surface area contributed by atoms with E-state index in [9.17, 15) is 4.79 Å². The van der Waals surface area contributed by atoms with Crippen molar-refractivity contribution in [2.75, 3.05) is 18.0 Å². The van der Waals surface area contributed by atoms with Gasteiger partial charge < -0.3 is 15.3 Å². The number of aromatic nitrogens is 1. The number of pyridine rings is 1. The number of benzene rings is 1. The van der Waals surface area contributed by atoms with Gasteiger partial charge in [0.15, 0.2) is 0 Å². The maximum atomic E-state index is 11.0. The number of hydrogen-bond donors (Lipinski definition) is 2. The quantitative estimate of drug-likeness (QED) is 0.882. The molecule has 1 aliphatic heterocycles. The maximum absolute atomic E-state index is 11.0. The third kappa shape index (κ3) is 3.81. The molecule has 120 valence electrons. The van der Waals surface area contributed by atoms with Crippen molar-refractivity contribution in [3.8, 4) is 0 Å². The molecule has 0 bridgehead atoms. The molecule has 2 aromatic rings. The average Bonchev–Trinajstić information content (AvgIpc) is 3.02. The molecule has 2 heterocycles. The van der Waals surface area contributed by atoms with Crippen molar-refractivity contribution in [3.63, 3.8) is 0 Å². The molecule has 0 amide bonds. The number of anilines is 1. The first-order valence-corrected chi connectivity index (χ1v) is 7.92. The number of hydrogen-bond acceptors (Lipinski definition) is 4. The second kappa shape index (κ2) is 6.98. The van der Waals surface area contributed by atoms with E-state index >= 15 is 0 Å². The summed E-state index contributed by atoms with van der Waals surface area (Å²) in [4.78, 5) is 17.5. The molecular formula is C17H18ClN3O2. The van der Waals surface area contributed by atoms with Crippen LogP contribution in [0.25, 0.3) is 0 Å². The Morgan fingerprint density at radius 3 is 3.04 bits per heavy atom. The lowest BCUT2D eigenvalue weighted by molar-refractivity contribution is 0.0696. The molecule has 0 aliphatic carbocycles. The van der Waals surface area contributed by atoms with Gasteiger partial charge in [-0.25, -0.2) is 9.78 Å². The van der Waals surface area contributed by atoms with Gasteiger partial charge in [-0.3, -0.25) is 0 Å². The Bertz CT molecular complexity index is 708. The summed E-state index contributed by atoms with van der Waals surface area (Å²) in [5.74, 6) is -0.0740. The Labute approximate surface area is 139 Å². The van der Waals surface area contributed by atoms with E-state index in [0.717, 1.165) is 30.9 Å². The first-order valence-electron chi connectivity index (χ1n) is 7.54. The molecule has 6 heteroatoms. The molecule has 3 rings (SSSR count). The van der Waals surface area contributed by atoms with Crippen LogP contribution in [0.4, 0.5) is 5.82 Å². The lowest BCUT2D eigenvalue weighted by Crippen LogP contribution is -2.32. The van der Waals surface area contributed by atoms with Gasteiger partial charge in [0.25, 0.3) is 0 Å². The van der Waals surface area contributed by atoms with Gasteiger partial charge in [0.1, 0.15) is 5.82 Å². The molecule has 0 radical (unpaired) electrons. The van der Waals surface area contributed by atoms with Crippen LogP contribution in [-0.4, -0.2) is 35.2 Å². The van der Waals surface area contributed by atoms with Crippen LogP contribution >= 0.6 is 11.6 Å². The van der Waals surface area contributed by atoms with Crippen molar-refractivity contribution in [1.29, 1.82) is 0 Å². The van der Waals surface area contributed by atoms with Crippen molar-refractivity contribution in [1.82, 2.24) is 10.3 Å². The van der Waals surface area contributed by atoms with E-state index in [4.69, 9.17) is 16.7 Å². The summed E-state index contributed by atoms with van der Waals surface area (Å²) in [6.45, 7) is 2.40. The Morgan fingerprint density at radius 1 is 1.39 bits per heavy atom. The van der Waals surface area contributed by atoms with E-state index in [2.05, 4.69) is 15.2 Å². The van der Waals surface area contributed by atoms with Crippen molar-refractivity contribution in [2.24, 2.45) is 0 Å². The highest BCUT2D eigenvalue weighted by atomic mass is 35.5. The summed E-state index contributed by atoms with van der Waals surface area (Å²) in [5.41, 5.74) is 1.29. The van der Waals surface area contributed by atoms with Crippen LogP contribution in [0.3, 0.4) is 0 Å².